The molecule has 16 heavy (non-hydrogen) atoms. The van der Waals surface area contributed by atoms with Crippen molar-refractivity contribution in [2.75, 3.05) is 13.6 Å². The van der Waals surface area contributed by atoms with Gasteiger partial charge in [0.1, 0.15) is 5.41 Å². The first-order valence-electron chi connectivity index (χ1n) is 5.69. The molecule has 1 fully saturated rings. The number of amidine groups is 1. The van der Waals surface area contributed by atoms with Crippen molar-refractivity contribution in [3.05, 3.63) is 0 Å². The maximum absolute atomic E-state index is 12.2. The molecular weight excluding hydrogens is 206 g/mol. The van der Waals surface area contributed by atoms with E-state index in [1.54, 1.807) is 18.9 Å². The SMILES string of the molecule is CCC(C)(C(=O)N(C)CC1CC1)C(N)=NO. The quantitative estimate of drug-likeness (QED) is 0.318. The first-order chi connectivity index (χ1) is 7.45. The molecule has 1 saturated carbocycles. The van der Waals surface area contributed by atoms with Gasteiger partial charge < -0.3 is 15.8 Å². The number of hydrogen-bond donors (Lipinski definition) is 2. The summed E-state index contributed by atoms with van der Waals surface area (Å²) in [5.41, 5.74) is 4.71. The molecule has 1 amide bonds. The molecule has 0 heterocycles. The smallest absolute Gasteiger partial charge is 0.235 e. The normalized spacial score (nSPS) is 20.3. The van der Waals surface area contributed by atoms with Crippen molar-refractivity contribution < 1.29 is 10.0 Å². The Labute approximate surface area is 96.3 Å². The highest BCUT2D eigenvalue weighted by molar-refractivity contribution is 6.06. The number of nitrogens with two attached hydrogens (primary N) is 1. The number of rotatable bonds is 5. The second kappa shape index (κ2) is 4.72. The lowest BCUT2D eigenvalue weighted by Crippen LogP contribution is -2.48. The molecule has 5 nitrogen and oxygen atoms in total. The zero-order chi connectivity index (χ0) is 12.3. The van der Waals surface area contributed by atoms with Crippen LogP contribution in [0.4, 0.5) is 0 Å². The van der Waals surface area contributed by atoms with Crippen molar-refractivity contribution in [1.82, 2.24) is 4.90 Å². The van der Waals surface area contributed by atoms with Crippen molar-refractivity contribution in [3.8, 4) is 0 Å². The summed E-state index contributed by atoms with van der Waals surface area (Å²) in [7, 11) is 1.78. The Hall–Kier alpha value is -1.26. The molecular formula is C11H21N3O2. The molecule has 1 aliphatic rings. The molecule has 0 aliphatic heterocycles. The number of oxime groups is 1. The Balaban J connectivity index is 2.73. The lowest BCUT2D eigenvalue weighted by Gasteiger charge is -2.30. The minimum atomic E-state index is -0.890. The average molecular weight is 227 g/mol. The summed E-state index contributed by atoms with van der Waals surface area (Å²) in [5.74, 6) is 0.558. The molecule has 92 valence electrons. The van der Waals surface area contributed by atoms with Gasteiger partial charge in [0.15, 0.2) is 5.84 Å². The second-order valence-corrected chi connectivity index (χ2v) is 4.80. The zero-order valence-corrected chi connectivity index (χ0v) is 10.2. The first-order valence-corrected chi connectivity index (χ1v) is 5.69. The van der Waals surface area contributed by atoms with Crippen molar-refractivity contribution >= 4 is 11.7 Å². The van der Waals surface area contributed by atoms with Gasteiger partial charge in [-0.1, -0.05) is 12.1 Å². The number of hydrogen-bond acceptors (Lipinski definition) is 3. The van der Waals surface area contributed by atoms with Gasteiger partial charge in [-0.25, -0.2) is 0 Å². The lowest BCUT2D eigenvalue weighted by atomic mass is 9.84. The monoisotopic (exact) mass is 227 g/mol. The standard InChI is InChI=1S/C11H21N3O2/c1-4-11(2,9(12)13-16)10(15)14(3)7-8-5-6-8/h8,16H,4-7H2,1-3H3,(H2,12,13). The first kappa shape index (κ1) is 12.8. The molecule has 1 rings (SSSR count). The fourth-order valence-electron chi connectivity index (χ4n) is 1.74. The fourth-order valence-corrected chi connectivity index (χ4v) is 1.74. The summed E-state index contributed by atoms with van der Waals surface area (Å²) in [4.78, 5) is 13.9. The van der Waals surface area contributed by atoms with E-state index >= 15 is 0 Å². The van der Waals surface area contributed by atoms with Crippen LogP contribution in [0.3, 0.4) is 0 Å². The fraction of sp³-hybridized carbons (Fsp3) is 0.818. The minimum absolute atomic E-state index is 0.0114. The van der Waals surface area contributed by atoms with Crippen LogP contribution in [0, 0.1) is 11.3 Å². The topological polar surface area (TPSA) is 78.9 Å². The molecule has 1 aliphatic carbocycles. The van der Waals surface area contributed by atoms with Gasteiger partial charge in [-0.05, 0) is 32.1 Å². The van der Waals surface area contributed by atoms with E-state index in [1.807, 2.05) is 6.92 Å². The highest BCUT2D eigenvalue weighted by Crippen LogP contribution is 2.31. The van der Waals surface area contributed by atoms with Gasteiger partial charge in [0.25, 0.3) is 0 Å². The van der Waals surface area contributed by atoms with E-state index < -0.39 is 5.41 Å². The molecule has 3 N–H and O–H groups in total. The van der Waals surface area contributed by atoms with Crippen LogP contribution in [0.1, 0.15) is 33.1 Å². The summed E-state index contributed by atoms with van der Waals surface area (Å²) < 4.78 is 0. The summed E-state index contributed by atoms with van der Waals surface area (Å²) in [6.45, 7) is 4.35. The van der Waals surface area contributed by atoms with Gasteiger partial charge in [0, 0.05) is 13.6 Å². The van der Waals surface area contributed by atoms with E-state index in [1.165, 1.54) is 12.8 Å². The molecule has 0 saturated heterocycles. The van der Waals surface area contributed by atoms with Crippen molar-refractivity contribution in [3.63, 3.8) is 0 Å². The van der Waals surface area contributed by atoms with Gasteiger partial charge in [0.05, 0.1) is 0 Å². The highest BCUT2D eigenvalue weighted by Gasteiger charge is 2.39. The van der Waals surface area contributed by atoms with Crippen LogP contribution < -0.4 is 5.73 Å². The lowest BCUT2D eigenvalue weighted by molar-refractivity contribution is -0.136. The summed E-state index contributed by atoms with van der Waals surface area (Å²) in [6, 6.07) is 0. The third-order valence-electron chi connectivity index (χ3n) is 3.43. The van der Waals surface area contributed by atoms with Gasteiger partial charge in [-0.3, -0.25) is 4.79 Å². The summed E-state index contributed by atoms with van der Waals surface area (Å²) in [5, 5.41) is 11.7. The molecule has 0 radical (unpaired) electrons. The van der Waals surface area contributed by atoms with Crippen molar-refractivity contribution in [2.24, 2.45) is 22.2 Å². The molecule has 0 bridgehead atoms. The Morgan fingerprint density at radius 3 is 2.56 bits per heavy atom. The number of amides is 1. The Kier molecular flexibility index (Phi) is 3.78. The molecule has 0 spiro atoms. The summed E-state index contributed by atoms with van der Waals surface area (Å²) in [6.07, 6.45) is 2.92. The Bertz CT molecular complexity index is 300. The molecule has 0 aromatic rings. The van der Waals surface area contributed by atoms with Crippen LogP contribution in [0.25, 0.3) is 0 Å². The van der Waals surface area contributed by atoms with E-state index in [9.17, 15) is 4.79 Å². The van der Waals surface area contributed by atoms with E-state index in [4.69, 9.17) is 10.9 Å². The van der Waals surface area contributed by atoms with Crippen LogP contribution in [0.15, 0.2) is 5.16 Å². The minimum Gasteiger partial charge on any atom is -0.409 e. The second-order valence-electron chi connectivity index (χ2n) is 4.80. The molecule has 1 unspecified atom stereocenters. The maximum atomic E-state index is 12.2. The molecule has 0 aromatic carbocycles. The van der Waals surface area contributed by atoms with Crippen LogP contribution in [0.5, 0.6) is 0 Å². The average Bonchev–Trinajstić information content (AvgIpc) is 3.09. The van der Waals surface area contributed by atoms with Gasteiger partial charge >= 0.3 is 0 Å². The van der Waals surface area contributed by atoms with E-state index in [0.29, 0.717) is 12.3 Å². The Morgan fingerprint density at radius 2 is 2.19 bits per heavy atom. The third-order valence-corrected chi connectivity index (χ3v) is 3.43. The van der Waals surface area contributed by atoms with E-state index in [2.05, 4.69) is 5.16 Å². The summed E-state index contributed by atoms with van der Waals surface area (Å²) >= 11 is 0. The predicted molar refractivity (Wildman–Crippen MR) is 62.2 cm³/mol. The van der Waals surface area contributed by atoms with E-state index in [0.717, 1.165) is 6.54 Å². The molecule has 0 aromatic heterocycles. The zero-order valence-electron chi connectivity index (χ0n) is 10.2. The third kappa shape index (κ3) is 2.46. The van der Waals surface area contributed by atoms with Crippen molar-refractivity contribution in [2.45, 2.75) is 33.1 Å². The molecule has 5 heteroatoms. The largest absolute Gasteiger partial charge is 0.409 e. The maximum Gasteiger partial charge on any atom is 0.235 e. The van der Waals surface area contributed by atoms with Gasteiger partial charge in [-0.2, -0.15) is 0 Å². The Morgan fingerprint density at radius 1 is 1.62 bits per heavy atom. The molecule has 1 atom stereocenters. The van der Waals surface area contributed by atoms with E-state index in [-0.39, 0.29) is 11.7 Å². The number of nitrogens with zero attached hydrogens (tertiary/aromatic N) is 2. The van der Waals surface area contributed by atoms with Crippen LogP contribution in [-0.4, -0.2) is 35.4 Å². The highest BCUT2D eigenvalue weighted by atomic mass is 16.4. The van der Waals surface area contributed by atoms with Crippen LogP contribution >= 0.6 is 0 Å². The van der Waals surface area contributed by atoms with Crippen LogP contribution in [-0.2, 0) is 4.79 Å². The van der Waals surface area contributed by atoms with Crippen molar-refractivity contribution in [1.29, 1.82) is 0 Å². The van der Waals surface area contributed by atoms with Crippen LogP contribution in [0.2, 0.25) is 0 Å². The number of carbonyl (C=O) groups excluding carboxylic acids is 1. The predicted octanol–water partition coefficient (Wildman–Crippen LogP) is 1.02. The van der Waals surface area contributed by atoms with Gasteiger partial charge in [0.2, 0.25) is 5.91 Å². The number of carbonyl (C=O) groups is 1. The van der Waals surface area contributed by atoms with Gasteiger partial charge in [-0.15, -0.1) is 0 Å².